The van der Waals surface area contributed by atoms with Gasteiger partial charge >= 0.3 is 12.6 Å². The summed E-state index contributed by atoms with van der Waals surface area (Å²) < 4.78 is 30.5. The van der Waals surface area contributed by atoms with E-state index in [1.165, 1.54) is 29.1 Å². The Morgan fingerprint density at radius 2 is 2.12 bits per heavy atom. The Labute approximate surface area is 135 Å². The molecule has 0 atom stereocenters. The van der Waals surface area contributed by atoms with Gasteiger partial charge in [0.2, 0.25) is 0 Å². The number of carboxylic acids is 1. The molecule has 0 aliphatic rings. The van der Waals surface area contributed by atoms with E-state index in [1.807, 2.05) is 0 Å². The summed E-state index contributed by atoms with van der Waals surface area (Å²) in [6.07, 6.45) is 1.15. The van der Waals surface area contributed by atoms with Crippen LogP contribution < -0.4 is 10.1 Å². The van der Waals surface area contributed by atoms with Crippen molar-refractivity contribution in [3.63, 3.8) is 0 Å². The Balaban J connectivity index is 2.19. The summed E-state index contributed by atoms with van der Waals surface area (Å²) in [6.45, 7) is -1.28. The summed E-state index contributed by atoms with van der Waals surface area (Å²) in [4.78, 5) is 22.9. The molecule has 1 amide bonds. The fourth-order valence-electron chi connectivity index (χ4n) is 2.03. The quantitative estimate of drug-likeness (QED) is 0.808. The van der Waals surface area contributed by atoms with Gasteiger partial charge in [-0.15, -0.1) is 0 Å². The van der Waals surface area contributed by atoms with E-state index in [-0.39, 0.29) is 30.1 Å². The normalized spacial score (nSPS) is 10.7. The van der Waals surface area contributed by atoms with Crippen LogP contribution in [0.4, 0.5) is 14.5 Å². The first-order chi connectivity index (χ1) is 11.4. The van der Waals surface area contributed by atoms with Crippen molar-refractivity contribution in [1.29, 1.82) is 0 Å². The fourth-order valence-corrected chi connectivity index (χ4v) is 2.03. The Bertz CT molecular complexity index is 746. The lowest BCUT2D eigenvalue weighted by Gasteiger charge is -2.13. The van der Waals surface area contributed by atoms with Crippen LogP contribution in [0.3, 0.4) is 0 Å². The third-order valence-electron chi connectivity index (χ3n) is 3.09. The maximum Gasteiger partial charge on any atom is 0.387 e. The summed E-state index contributed by atoms with van der Waals surface area (Å²) in [7, 11) is 0. The second-order valence-corrected chi connectivity index (χ2v) is 4.92. The highest BCUT2D eigenvalue weighted by molar-refractivity contribution is 6.03. The summed E-state index contributed by atoms with van der Waals surface area (Å²) in [5.41, 5.74) is 0.943. The number of rotatable bonds is 7. The van der Waals surface area contributed by atoms with Gasteiger partial charge in [-0.05, 0) is 30.7 Å². The summed E-state index contributed by atoms with van der Waals surface area (Å²) in [5.74, 6) is -1.80. The second-order valence-electron chi connectivity index (χ2n) is 4.92. The molecule has 2 N–H and O–H groups in total. The highest BCUT2D eigenvalue weighted by atomic mass is 19.3. The lowest BCUT2D eigenvalue weighted by Crippen LogP contribution is -2.19. The lowest BCUT2D eigenvalue weighted by molar-refractivity contribution is -0.137. The number of hydrogen-bond donors (Lipinski definition) is 2. The molecule has 2 rings (SSSR count). The van der Waals surface area contributed by atoms with Crippen LogP contribution in [-0.4, -0.2) is 33.4 Å². The van der Waals surface area contributed by atoms with Gasteiger partial charge in [0.15, 0.2) is 0 Å². The highest BCUT2D eigenvalue weighted by Crippen LogP contribution is 2.27. The number of hydrogen-bond acceptors (Lipinski definition) is 4. The Morgan fingerprint density at radius 3 is 2.79 bits per heavy atom. The SMILES string of the molecule is Cc1ccc(OC(F)F)c(NC(=O)c2ccnn2CCC(=O)O)c1. The molecule has 1 aromatic heterocycles. The highest BCUT2D eigenvalue weighted by Gasteiger charge is 2.17. The zero-order chi connectivity index (χ0) is 17.7. The first-order valence-electron chi connectivity index (χ1n) is 6.97. The molecule has 0 bridgehead atoms. The largest absolute Gasteiger partial charge is 0.481 e. The number of amides is 1. The van der Waals surface area contributed by atoms with Gasteiger partial charge in [-0.1, -0.05) is 6.07 Å². The molecule has 0 fully saturated rings. The number of nitrogens with one attached hydrogen (secondary N) is 1. The number of aliphatic carboxylic acids is 1. The first kappa shape index (κ1) is 17.4. The number of ether oxygens (including phenoxy) is 1. The molecular formula is C15H15F2N3O4. The van der Waals surface area contributed by atoms with Crippen LogP contribution in [0.5, 0.6) is 5.75 Å². The first-order valence-corrected chi connectivity index (χ1v) is 6.97. The molecule has 9 heteroatoms. The Morgan fingerprint density at radius 1 is 1.38 bits per heavy atom. The molecule has 0 aliphatic heterocycles. The van der Waals surface area contributed by atoms with Gasteiger partial charge in [0.25, 0.3) is 5.91 Å². The van der Waals surface area contributed by atoms with Crippen molar-refractivity contribution >= 4 is 17.6 Å². The average molecular weight is 339 g/mol. The molecule has 1 heterocycles. The van der Waals surface area contributed by atoms with E-state index in [0.29, 0.717) is 0 Å². The number of carboxylic acid groups (broad SMARTS) is 1. The molecular weight excluding hydrogens is 324 g/mol. The van der Waals surface area contributed by atoms with Gasteiger partial charge in [-0.25, -0.2) is 0 Å². The average Bonchev–Trinajstić information content (AvgIpc) is 2.96. The number of carbonyl (C=O) groups is 2. The van der Waals surface area contributed by atoms with Crippen molar-refractivity contribution in [3.05, 3.63) is 41.7 Å². The predicted molar refractivity (Wildman–Crippen MR) is 80.2 cm³/mol. The third kappa shape index (κ3) is 4.51. The van der Waals surface area contributed by atoms with Crippen LogP contribution in [0.2, 0.25) is 0 Å². The van der Waals surface area contributed by atoms with Crippen LogP contribution in [0, 0.1) is 6.92 Å². The van der Waals surface area contributed by atoms with Crippen molar-refractivity contribution in [3.8, 4) is 5.75 Å². The van der Waals surface area contributed by atoms with Gasteiger partial charge < -0.3 is 15.2 Å². The standard InChI is InChI=1S/C15H15F2N3O4/c1-9-2-3-12(24-15(16)17)10(8-9)19-14(23)11-4-6-18-20(11)7-5-13(21)22/h2-4,6,8,15H,5,7H2,1H3,(H,19,23)(H,21,22). The topological polar surface area (TPSA) is 93.5 Å². The molecule has 0 spiro atoms. The summed E-state index contributed by atoms with van der Waals surface area (Å²) >= 11 is 0. The van der Waals surface area contributed by atoms with Crippen LogP contribution in [-0.2, 0) is 11.3 Å². The molecule has 1 aromatic carbocycles. The molecule has 7 nitrogen and oxygen atoms in total. The zero-order valence-corrected chi connectivity index (χ0v) is 12.7. The van der Waals surface area contributed by atoms with E-state index < -0.39 is 18.5 Å². The summed E-state index contributed by atoms with van der Waals surface area (Å²) in [5, 5.41) is 15.1. The van der Waals surface area contributed by atoms with Gasteiger partial charge in [0, 0.05) is 6.20 Å². The van der Waals surface area contributed by atoms with E-state index >= 15 is 0 Å². The maximum atomic E-state index is 12.4. The molecule has 2 aromatic rings. The van der Waals surface area contributed by atoms with Crippen molar-refractivity contribution in [2.24, 2.45) is 0 Å². The van der Waals surface area contributed by atoms with Gasteiger partial charge in [-0.3, -0.25) is 14.3 Å². The smallest absolute Gasteiger partial charge is 0.387 e. The molecule has 0 unspecified atom stereocenters. The molecule has 24 heavy (non-hydrogen) atoms. The predicted octanol–water partition coefficient (Wildman–Crippen LogP) is 2.52. The van der Waals surface area contributed by atoms with E-state index in [2.05, 4.69) is 15.2 Å². The summed E-state index contributed by atoms with van der Waals surface area (Å²) in [6, 6.07) is 5.80. The lowest BCUT2D eigenvalue weighted by atomic mass is 10.2. The Hall–Kier alpha value is -2.97. The van der Waals surface area contributed by atoms with E-state index in [9.17, 15) is 18.4 Å². The minimum Gasteiger partial charge on any atom is -0.481 e. The number of halogens is 2. The van der Waals surface area contributed by atoms with Gasteiger partial charge in [0.1, 0.15) is 11.4 Å². The molecule has 0 saturated heterocycles. The van der Waals surface area contributed by atoms with Crippen molar-refractivity contribution in [2.45, 2.75) is 26.5 Å². The third-order valence-corrected chi connectivity index (χ3v) is 3.09. The number of benzene rings is 1. The number of alkyl halides is 2. The van der Waals surface area contributed by atoms with Gasteiger partial charge in [0.05, 0.1) is 18.7 Å². The fraction of sp³-hybridized carbons (Fsp3) is 0.267. The number of aryl methyl sites for hydroxylation is 2. The van der Waals surface area contributed by atoms with Crippen molar-refractivity contribution < 1.29 is 28.2 Å². The maximum absolute atomic E-state index is 12.4. The number of anilines is 1. The van der Waals surface area contributed by atoms with E-state index in [4.69, 9.17) is 5.11 Å². The van der Waals surface area contributed by atoms with Gasteiger partial charge in [-0.2, -0.15) is 13.9 Å². The van der Waals surface area contributed by atoms with Crippen LogP contribution >= 0.6 is 0 Å². The number of aromatic nitrogens is 2. The van der Waals surface area contributed by atoms with Crippen LogP contribution in [0.15, 0.2) is 30.5 Å². The van der Waals surface area contributed by atoms with E-state index in [1.54, 1.807) is 13.0 Å². The molecule has 0 radical (unpaired) electrons. The van der Waals surface area contributed by atoms with Crippen molar-refractivity contribution in [1.82, 2.24) is 9.78 Å². The molecule has 0 saturated carbocycles. The Kier molecular flexibility index (Phi) is 5.46. The zero-order valence-electron chi connectivity index (χ0n) is 12.7. The van der Waals surface area contributed by atoms with Crippen LogP contribution in [0.1, 0.15) is 22.5 Å². The van der Waals surface area contributed by atoms with E-state index in [0.717, 1.165) is 5.56 Å². The number of carbonyl (C=O) groups excluding carboxylic acids is 1. The monoisotopic (exact) mass is 339 g/mol. The molecule has 0 aliphatic carbocycles. The minimum absolute atomic E-state index is 0.0132. The second kappa shape index (κ2) is 7.53. The minimum atomic E-state index is -3.02. The van der Waals surface area contributed by atoms with Crippen LogP contribution in [0.25, 0.3) is 0 Å². The number of nitrogens with zero attached hydrogens (tertiary/aromatic N) is 2. The van der Waals surface area contributed by atoms with Crippen molar-refractivity contribution in [2.75, 3.05) is 5.32 Å². The molecule has 128 valence electrons.